The first-order valence-electron chi connectivity index (χ1n) is 10.6. The molecule has 27 heavy (non-hydrogen) atoms. The Kier molecular flexibility index (Phi) is 7.67. The van der Waals surface area contributed by atoms with Crippen LogP contribution in [0.2, 0.25) is 0 Å². The van der Waals surface area contributed by atoms with Gasteiger partial charge in [-0.2, -0.15) is 5.26 Å². The van der Waals surface area contributed by atoms with Crippen molar-refractivity contribution in [2.75, 3.05) is 13.2 Å². The molecule has 3 rings (SSSR count). The number of benzene rings is 1. The zero-order valence-corrected chi connectivity index (χ0v) is 16.5. The van der Waals surface area contributed by atoms with Gasteiger partial charge in [0.1, 0.15) is 11.9 Å². The molecule has 1 aliphatic heterocycles. The van der Waals surface area contributed by atoms with Crippen molar-refractivity contribution in [1.82, 2.24) is 0 Å². The lowest BCUT2D eigenvalue weighted by molar-refractivity contribution is -0.214. The largest absolute Gasteiger partial charge is 0.348 e. The van der Waals surface area contributed by atoms with Crippen LogP contribution < -0.4 is 0 Å². The number of nitriles is 1. The molecular weight excluding hydrogens is 341 g/mol. The Labute approximate surface area is 162 Å². The molecule has 1 saturated heterocycles. The van der Waals surface area contributed by atoms with E-state index in [9.17, 15) is 4.39 Å². The van der Waals surface area contributed by atoms with Crippen molar-refractivity contribution >= 4 is 0 Å². The van der Waals surface area contributed by atoms with E-state index in [1.807, 2.05) is 6.07 Å². The van der Waals surface area contributed by atoms with Crippen LogP contribution in [0.3, 0.4) is 0 Å². The molecule has 0 N–H and O–H groups in total. The molecule has 0 bridgehead atoms. The van der Waals surface area contributed by atoms with Gasteiger partial charge in [0.15, 0.2) is 6.29 Å². The van der Waals surface area contributed by atoms with E-state index in [0.29, 0.717) is 30.6 Å². The van der Waals surface area contributed by atoms with Crippen LogP contribution in [0.4, 0.5) is 4.39 Å². The molecule has 4 heteroatoms. The summed E-state index contributed by atoms with van der Waals surface area (Å²) in [5, 5.41) is 8.84. The van der Waals surface area contributed by atoms with Gasteiger partial charge in [0.2, 0.25) is 0 Å². The van der Waals surface area contributed by atoms with Crippen molar-refractivity contribution in [3.8, 4) is 6.07 Å². The quantitative estimate of drug-likeness (QED) is 0.539. The van der Waals surface area contributed by atoms with E-state index in [1.165, 1.54) is 69.9 Å². The molecule has 1 heterocycles. The van der Waals surface area contributed by atoms with Crippen molar-refractivity contribution in [2.45, 2.75) is 71.0 Å². The van der Waals surface area contributed by atoms with E-state index in [-0.39, 0.29) is 5.56 Å². The third-order valence-corrected chi connectivity index (χ3v) is 6.33. The molecule has 1 aromatic carbocycles. The van der Waals surface area contributed by atoms with Crippen LogP contribution in [0, 0.1) is 34.9 Å². The lowest BCUT2D eigenvalue weighted by Crippen LogP contribution is -2.34. The molecule has 0 spiro atoms. The maximum Gasteiger partial charge on any atom is 0.183 e. The van der Waals surface area contributed by atoms with Gasteiger partial charge in [-0.25, -0.2) is 4.39 Å². The first-order valence-corrected chi connectivity index (χ1v) is 10.6. The van der Waals surface area contributed by atoms with Gasteiger partial charge in [0.05, 0.1) is 18.8 Å². The first kappa shape index (κ1) is 20.3. The van der Waals surface area contributed by atoms with E-state index in [2.05, 4.69) is 6.92 Å². The number of halogens is 1. The summed E-state index contributed by atoms with van der Waals surface area (Å²) in [7, 11) is 0. The van der Waals surface area contributed by atoms with Crippen LogP contribution >= 0.6 is 0 Å². The third-order valence-electron chi connectivity index (χ3n) is 6.33. The smallest absolute Gasteiger partial charge is 0.183 e. The molecule has 2 aliphatic rings. The number of nitrogens with zero attached hydrogens (tertiary/aromatic N) is 1. The SMILES string of the molecule is CCCCCCC1CCC(C2COC(c3ccc(C#N)c(F)c3)OC2)CC1. The summed E-state index contributed by atoms with van der Waals surface area (Å²) in [6, 6.07) is 6.41. The minimum Gasteiger partial charge on any atom is -0.348 e. The predicted molar refractivity (Wildman–Crippen MR) is 103 cm³/mol. The monoisotopic (exact) mass is 373 g/mol. The Bertz CT molecular complexity index is 626. The Balaban J connectivity index is 1.41. The van der Waals surface area contributed by atoms with E-state index < -0.39 is 12.1 Å². The van der Waals surface area contributed by atoms with Crippen LogP contribution in [-0.4, -0.2) is 13.2 Å². The highest BCUT2D eigenvalue weighted by molar-refractivity contribution is 5.33. The molecule has 0 aromatic heterocycles. The van der Waals surface area contributed by atoms with Gasteiger partial charge in [0.25, 0.3) is 0 Å². The molecular formula is C23H32FNO2. The summed E-state index contributed by atoms with van der Waals surface area (Å²) in [6.45, 7) is 3.62. The maximum absolute atomic E-state index is 13.8. The van der Waals surface area contributed by atoms with E-state index in [1.54, 1.807) is 6.07 Å². The van der Waals surface area contributed by atoms with Crippen molar-refractivity contribution in [1.29, 1.82) is 5.26 Å². The van der Waals surface area contributed by atoms with Crippen molar-refractivity contribution < 1.29 is 13.9 Å². The highest BCUT2D eigenvalue weighted by Crippen LogP contribution is 2.38. The fourth-order valence-corrected chi connectivity index (χ4v) is 4.56. The highest BCUT2D eigenvalue weighted by Gasteiger charge is 2.32. The lowest BCUT2D eigenvalue weighted by atomic mass is 9.74. The molecule has 0 atom stereocenters. The molecule has 2 fully saturated rings. The Morgan fingerprint density at radius 2 is 1.78 bits per heavy atom. The fourth-order valence-electron chi connectivity index (χ4n) is 4.56. The zero-order chi connectivity index (χ0) is 19.1. The Morgan fingerprint density at radius 1 is 1.04 bits per heavy atom. The standard InChI is InChI=1S/C23H32FNO2/c1-2-3-4-5-6-17-7-9-18(10-8-17)21-15-26-23(27-16-21)19-11-12-20(14-25)22(24)13-19/h11-13,17-18,21,23H,2-10,15-16H2,1H3. The topological polar surface area (TPSA) is 42.2 Å². The summed E-state index contributed by atoms with van der Waals surface area (Å²) in [6.07, 6.45) is 11.6. The molecule has 0 radical (unpaired) electrons. The first-order chi connectivity index (χ1) is 13.2. The fraction of sp³-hybridized carbons (Fsp3) is 0.696. The zero-order valence-electron chi connectivity index (χ0n) is 16.5. The van der Waals surface area contributed by atoms with Gasteiger partial charge in [0, 0.05) is 11.5 Å². The van der Waals surface area contributed by atoms with E-state index >= 15 is 0 Å². The molecule has 1 aromatic rings. The van der Waals surface area contributed by atoms with Gasteiger partial charge in [-0.15, -0.1) is 0 Å². The number of hydrogen-bond donors (Lipinski definition) is 0. The molecule has 148 valence electrons. The van der Waals surface area contributed by atoms with Crippen LogP contribution in [-0.2, 0) is 9.47 Å². The molecule has 1 saturated carbocycles. The summed E-state index contributed by atoms with van der Waals surface area (Å²) < 4.78 is 25.6. The molecule has 0 amide bonds. The van der Waals surface area contributed by atoms with Crippen LogP contribution in [0.5, 0.6) is 0 Å². The molecule has 3 nitrogen and oxygen atoms in total. The van der Waals surface area contributed by atoms with Gasteiger partial charge in [-0.1, -0.05) is 57.9 Å². The second kappa shape index (κ2) is 10.2. The third kappa shape index (κ3) is 5.53. The summed E-state index contributed by atoms with van der Waals surface area (Å²) >= 11 is 0. The normalized spacial score (nSPS) is 28.6. The number of hydrogen-bond acceptors (Lipinski definition) is 3. The molecule has 0 unspecified atom stereocenters. The van der Waals surface area contributed by atoms with Gasteiger partial charge in [-0.3, -0.25) is 0 Å². The summed E-state index contributed by atoms with van der Waals surface area (Å²) in [4.78, 5) is 0. The van der Waals surface area contributed by atoms with Gasteiger partial charge < -0.3 is 9.47 Å². The van der Waals surface area contributed by atoms with Crippen molar-refractivity contribution in [2.24, 2.45) is 17.8 Å². The average molecular weight is 374 g/mol. The lowest BCUT2D eigenvalue weighted by Gasteiger charge is -2.38. The maximum atomic E-state index is 13.8. The Hall–Kier alpha value is -1.44. The average Bonchev–Trinajstić information content (AvgIpc) is 2.72. The molecule has 1 aliphatic carbocycles. The second-order valence-corrected chi connectivity index (χ2v) is 8.24. The highest BCUT2D eigenvalue weighted by atomic mass is 19.1. The number of rotatable bonds is 7. The summed E-state index contributed by atoms with van der Waals surface area (Å²) in [5.41, 5.74) is 0.708. The minimum absolute atomic E-state index is 0.0545. The Morgan fingerprint density at radius 3 is 2.41 bits per heavy atom. The van der Waals surface area contributed by atoms with E-state index in [0.717, 1.165) is 5.92 Å². The van der Waals surface area contributed by atoms with Crippen LogP contribution in [0.25, 0.3) is 0 Å². The van der Waals surface area contributed by atoms with Crippen molar-refractivity contribution in [3.63, 3.8) is 0 Å². The predicted octanol–water partition coefficient (Wildman–Crippen LogP) is 6.14. The van der Waals surface area contributed by atoms with Gasteiger partial charge in [-0.05, 0) is 36.8 Å². The second-order valence-electron chi connectivity index (χ2n) is 8.24. The number of unbranched alkanes of at least 4 members (excludes halogenated alkanes) is 3. The van der Waals surface area contributed by atoms with E-state index in [4.69, 9.17) is 14.7 Å². The van der Waals surface area contributed by atoms with Crippen molar-refractivity contribution in [3.05, 3.63) is 35.1 Å². The van der Waals surface area contributed by atoms with Crippen LogP contribution in [0.1, 0.15) is 82.1 Å². The van der Waals surface area contributed by atoms with Gasteiger partial charge >= 0.3 is 0 Å². The van der Waals surface area contributed by atoms with Crippen LogP contribution in [0.15, 0.2) is 18.2 Å². The number of ether oxygens (including phenoxy) is 2. The summed E-state index contributed by atoms with van der Waals surface area (Å²) in [5.74, 6) is 1.54. The minimum atomic E-state index is -0.515.